The van der Waals surface area contributed by atoms with Gasteiger partial charge in [0.15, 0.2) is 0 Å². The minimum Gasteiger partial charge on any atom is -0.476 e. The molecule has 0 aliphatic heterocycles. The molecule has 0 bridgehead atoms. The van der Waals surface area contributed by atoms with E-state index in [1.807, 2.05) is 50.3 Å². The first-order chi connectivity index (χ1) is 16.1. The fourth-order valence-electron chi connectivity index (χ4n) is 3.77. The Bertz CT molecular complexity index is 1230. The van der Waals surface area contributed by atoms with Crippen LogP contribution in [0.2, 0.25) is 0 Å². The fourth-order valence-corrected chi connectivity index (χ4v) is 6.56. The van der Waals surface area contributed by atoms with Gasteiger partial charge in [-0.1, -0.05) is 36.8 Å². The molecule has 0 saturated heterocycles. The summed E-state index contributed by atoms with van der Waals surface area (Å²) in [6, 6.07) is 16.5. The number of aromatic nitrogens is 2. The number of hydrogen-bond donors (Lipinski definition) is 1. The van der Waals surface area contributed by atoms with Gasteiger partial charge in [0.1, 0.15) is 11.4 Å². The van der Waals surface area contributed by atoms with Gasteiger partial charge in [-0.05, 0) is 50.2 Å². The molecule has 0 radical (unpaired) electrons. The molecule has 1 saturated carbocycles. The molecule has 5 rings (SSSR count). The maximum Gasteiger partial charge on any atom is 0.213 e. The number of nitrogens with zero attached hydrogens (tertiary/aromatic N) is 3. The largest absolute Gasteiger partial charge is 0.476 e. The first-order valence-corrected chi connectivity index (χ1v) is 13.0. The summed E-state index contributed by atoms with van der Waals surface area (Å²) in [6.45, 7) is 1.46. The Balaban J connectivity index is 1.52. The maximum absolute atomic E-state index is 6.70. The van der Waals surface area contributed by atoms with Crippen molar-refractivity contribution in [1.82, 2.24) is 14.9 Å². The third kappa shape index (κ3) is 4.86. The lowest BCUT2D eigenvalue weighted by Crippen LogP contribution is -2.19. The van der Waals surface area contributed by atoms with Crippen molar-refractivity contribution in [2.45, 2.75) is 28.7 Å². The highest BCUT2D eigenvalue weighted by Crippen LogP contribution is 2.48. The van der Waals surface area contributed by atoms with E-state index in [4.69, 9.17) is 15.5 Å². The van der Waals surface area contributed by atoms with Crippen molar-refractivity contribution in [2.24, 2.45) is 0 Å². The Hall–Kier alpha value is -2.61. The summed E-state index contributed by atoms with van der Waals surface area (Å²) in [5.74, 6) is 0.629. The Labute approximate surface area is 203 Å². The number of thioether (sulfide) groups is 1. The van der Waals surface area contributed by atoms with Gasteiger partial charge in [0.25, 0.3) is 0 Å². The van der Waals surface area contributed by atoms with E-state index in [0.717, 1.165) is 44.8 Å². The molecule has 4 aromatic rings. The Kier molecular flexibility index (Phi) is 6.53. The van der Waals surface area contributed by atoms with Crippen LogP contribution in [0.15, 0.2) is 58.9 Å². The molecule has 7 heteroatoms. The monoisotopic (exact) mass is 476 g/mol. The molecule has 1 aromatic carbocycles. The molecule has 0 atom stereocenters. The number of likely N-dealkylation sites (N-methyl/N-ethyl adjacent to an activating group) is 1. The third-order valence-electron chi connectivity index (χ3n) is 5.90. The number of pyridine rings is 2. The third-order valence-corrected chi connectivity index (χ3v) is 8.57. The number of anilines is 1. The standard InChI is InChI=1S/C26H28N4OS2/c1-30(2)13-14-31-22-12-11-18(16-28-22)21-15-20(17-7-4-3-5-8-17)23-24(27)26(33-25(23)29-21)32-19-9-6-10-19/h3-5,7-8,11-12,15-16,19H,6,9-10,13-14,27H2,1-2H3. The first kappa shape index (κ1) is 22.2. The van der Waals surface area contributed by atoms with Crippen molar-refractivity contribution in [3.63, 3.8) is 0 Å². The second kappa shape index (κ2) is 9.71. The lowest BCUT2D eigenvalue weighted by atomic mass is 10.00. The molecule has 0 spiro atoms. The number of thiophene rings is 1. The lowest BCUT2D eigenvalue weighted by Gasteiger charge is -2.23. The molecule has 33 heavy (non-hydrogen) atoms. The molecule has 1 aliphatic rings. The van der Waals surface area contributed by atoms with Crippen molar-refractivity contribution in [2.75, 3.05) is 33.0 Å². The van der Waals surface area contributed by atoms with Crippen molar-refractivity contribution in [3.8, 4) is 28.3 Å². The lowest BCUT2D eigenvalue weighted by molar-refractivity contribution is 0.254. The van der Waals surface area contributed by atoms with Gasteiger partial charge in [-0.2, -0.15) is 0 Å². The molecule has 3 aromatic heterocycles. The number of fused-ring (bicyclic) bond motifs is 1. The number of rotatable bonds is 8. The van der Waals surface area contributed by atoms with Gasteiger partial charge in [0.05, 0.1) is 15.6 Å². The van der Waals surface area contributed by atoms with Gasteiger partial charge in [-0.15, -0.1) is 23.1 Å². The SMILES string of the molecule is CN(C)CCOc1ccc(-c2cc(-c3ccccc3)c3c(N)c(SC4CCC4)sc3n2)cn1. The summed E-state index contributed by atoms with van der Waals surface area (Å²) in [4.78, 5) is 12.6. The molecule has 170 valence electrons. The molecule has 1 aliphatic carbocycles. The van der Waals surface area contributed by atoms with Gasteiger partial charge in [0, 0.05) is 35.0 Å². The second-order valence-corrected chi connectivity index (χ2v) is 11.2. The highest BCUT2D eigenvalue weighted by molar-refractivity contribution is 8.02. The molecule has 2 N–H and O–H groups in total. The second-order valence-electron chi connectivity index (χ2n) is 8.61. The predicted octanol–water partition coefficient (Wildman–Crippen LogP) is 6.19. The van der Waals surface area contributed by atoms with Crippen LogP contribution in [0.5, 0.6) is 5.88 Å². The van der Waals surface area contributed by atoms with Gasteiger partial charge in [-0.25, -0.2) is 9.97 Å². The summed E-state index contributed by atoms with van der Waals surface area (Å²) >= 11 is 3.63. The summed E-state index contributed by atoms with van der Waals surface area (Å²) in [5.41, 5.74) is 11.7. The van der Waals surface area contributed by atoms with E-state index in [0.29, 0.717) is 17.7 Å². The Morgan fingerprint density at radius 3 is 2.61 bits per heavy atom. The van der Waals surface area contributed by atoms with Crippen molar-refractivity contribution >= 4 is 39.0 Å². The van der Waals surface area contributed by atoms with Crippen LogP contribution >= 0.6 is 23.1 Å². The van der Waals surface area contributed by atoms with E-state index in [1.54, 1.807) is 11.3 Å². The number of nitrogens with two attached hydrogens (primary N) is 1. The Morgan fingerprint density at radius 1 is 1.12 bits per heavy atom. The molecule has 5 nitrogen and oxygen atoms in total. The predicted molar refractivity (Wildman–Crippen MR) is 140 cm³/mol. The summed E-state index contributed by atoms with van der Waals surface area (Å²) in [6.07, 6.45) is 5.71. The van der Waals surface area contributed by atoms with Crippen LogP contribution < -0.4 is 10.5 Å². The van der Waals surface area contributed by atoms with Crippen LogP contribution in [-0.4, -0.2) is 47.4 Å². The van der Waals surface area contributed by atoms with E-state index in [1.165, 1.54) is 23.5 Å². The van der Waals surface area contributed by atoms with Crippen LogP contribution in [0, 0.1) is 0 Å². The number of benzene rings is 1. The van der Waals surface area contributed by atoms with Crippen LogP contribution in [-0.2, 0) is 0 Å². The zero-order valence-corrected chi connectivity index (χ0v) is 20.6. The van der Waals surface area contributed by atoms with E-state index in [9.17, 15) is 0 Å². The van der Waals surface area contributed by atoms with E-state index >= 15 is 0 Å². The zero-order valence-electron chi connectivity index (χ0n) is 19.0. The highest BCUT2D eigenvalue weighted by Gasteiger charge is 2.24. The van der Waals surface area contributed by atoms with Crippen LogP contribution in [0.25, 0.3) is 32.6 Å². The van der Waals surface area contributed by atoms with Crippen LogP contribution in [0.3, 0.4) is 0 Å². The number of ether oxygens (including phenoxy) is 1. The average Bonchev–Trinajstić information content (AvgIpc) is 3.12. The average molecular weight is 477 g/mol. The van der Waals surface area contributed by atoms with Gasteiger partial charge >= 0.3 is 0 Å². The number of hydrogen-bond acceptors (Lipinski definition) is 7. The van der Waals surface area contributed by atoms with Crippen molar-refractivity contribution in [3.05, 3.63) is 54.7 Å². The van der Waals surface area contributed by atoms with Gasteiger partial charge in [-0.3, -0.25) is 0 Å². The smallest absolute Gasteiger partial charge is 0.213 e. The molecule has 3 heterocycles. The quantitative estimate of drug-likeness (QED) is 0.327. The van der Waals surface area contributed by atoms with E-state index in [2.05, 4.69) is 40.2 Å². The molecule has 0 amide bonds. The Morgan fingerprint density at radius 2 is 1.94 bits per heavy atom. The molecule has 0 unspecified atom stereocenters. The zero-order chi connectivity index (χ0) is 22.8. The molecular weight excluding hydrogens is 448 g/mol. The van der Waals surface area contributed by atoms with Crippen molar-refractivity contribution < 1.29 is 4.74 Å². The summed E-state index contributed by atoms with van der Waals surface area (Å²) in [7, 11) is 4.05. The van der Waals surface area contributed by atoms with E-state index in [-0.39, 0.29) is 0 Å². The topological polar surface area (TPSA) is 64.3 Å². The maximum atomic E-state index is 6.70. The molecular formula is C26H28N4OS2. The molecule has 1 fully saturated rings. The van der Waals surface area contributed by atoms with Gasteiger partial charge in [0.2, 0.25) is 5.88 Å². The fraction of sp³-hybridized carbons (Fsp3) is 0.308. The minimum atomic E-state index is 0.609. The summed E-state index contributed by atoms with van der Waals surface area (Å²) in [5, 5.41) is 1.75. The minimum absolute atomic E-state index is 0.609. The van der Waals surface area contributed by atoms with E-state index < -0.39 is 0 Å². The van der Waals surface area contributed by atoms with Crippen LogP contribution in [0.1, 0.15) is 19.3 Å². The summed E-state index contributed by atoms with van der Waals surface area (Å²) < 4.78 is 6.95. The first-order valence-electron chi connectivity index (χ1n) is 11.3. The normalized spacial score (nSPS) is 14.0. The van der Waals surface area contributed by atoms with Crippen molar-refractivity contribution in [1.29, 1.82) is 0 Å². The highest BCUT2D eigenvalue weighted by atomic mass is 32.2. The number of nitrogen functional groups attached to an aromatic ring is 1. The van der Waals surface area contributed by atoms with Gasteiger partial charge < -0.3 is 15.4 Å². The van der Waals surface area contributed by atoms with Crippen LogP contribution in [0.4, 0.5) is 5.69 Å².